The van der Waals surface area contributed by atoms with Crippen molar-refractivity contribution in [1.82, 2.24) is 10.2 Å². The van der Waals surface area contributed by atoms with Crippen molar-refractivity contribution >= 4 is 15.8 Å². The normalized spacial score (nSPS) is 41.2. The third kappa shape index (κ3) is 7.49. The monoisotopic (exact) mass is 771 g/mol. The number of allylic oxidation sites excluding steroid dienone is 5. The first-order chi connectivity index (χ1) is 25.3. The summed E-state index contributed by atoms with van der Waals surface area (Å²) in [4.78, 5) is 14.3. The van der Waals surface area contributed by atoms with Crippen molar-refractivity contribution < 1.29 is 22.7 Å². The maximum Gasteiger partial charge on any atom is 0.312 e. The molecule has 306 valence electrons. The number of carboxylic acids is 1. The number of carboxylic acid groups (broad SMARTS) is 1. The molecule has 6 rings (SSSR count). The quantitative estimate of drug-likeness (QED) is 0.152. The Hall–Kier alpha value is -1.51. The van der Waals surface area contributed by atoms with Gasteiger partial charge in [0.25, 0.3) is 0 Å². The molecule has 0 aromatic rings. The van der Waals surface area contributed by atoms with Crippen molar-refractivity contribution in [3.05, 3.63) is 35.5 Å². The molecule has 0 aromatic carbocycles. The number of hydrogen-bond donors (Lipinski definition) is 2. The Labute approximate surface area is 328 Å². The lowest BCUT2D eigenvalue weighted by Gasteiger charge is -2.71. The van der Waals surface area contributed by atoms with Crippen LogP contribution in [0.15, 0.2) is 35.5 Å². The minimum atomic E-state index is -2.92. The van der Waals surface area contributed by atoms with Crippen LogP contribution in [-0.2, 0) is 14.6 Å². The van der Waals surface area contributed by atoms with E-state index in [4.69, 9.17) is 0 Å². The average molecular weight is 771 g/mol. The molecule has 1 heterocycles. The van der Waals surface area contributed by atoms with E-state index in [1.165, 1.54) is 68.1 Å². The molecule has 8 heteroatoms. The van der Waals surface area contributed by atoms with E-state index >= 15 is 0 Å². The third-order valence-corrected chi connectivity index (χ3v) is 19.3. The molecule has 6 nitrogen and oxygen atoms in total. The van der Waals surface area contributed by atoms with Crippen molar-refractivity contribution in [2.45, 2.75) is 132 Å². The Balaban J connectivity index is 1.11. The van der Waals surface area contributed by atoms with E-state index in [0.29, 0.717) is 66.1 Å². The van der Waals surface area contributed by atoms with Crippen LogP contribution in [-0.4, -0.2) is 75.3 Å². The molecule has 1 saturated heterocycles. The van der Waals surface area contributed by atoms with E-state index in [0.717, 1.165) is 44.9 Å². The molecule has 0 spiro atoms. The first-order valence-electron chi connectivity index (χ1n) is 21.8. The molecule has 4 fully saturated rings. The highest BCUT2D eigenvalue weighted by Gasteiger charge is 2.67. The number of rotatable bonds is 12. The summed E-state index contributed by atoms with van der Waals surface area (Å²) >= 11 is 0. The smallest absolute Gasteiger partial charge is 0.312 e. The number of carbonyl (C=O) groups is 1. The van der Waals surface area contributed by atoms with Gasteiger partial charge in [-0.05, 0) is 159 Å². The molecule has 1 unspecified atom stereocenters. The molecule has 54 heavy (non-hydrogen) atoms. The van der Waals surface area contributed by atoms with Gasteiger partial charge in [0, 0.05) is 26.2 Å². The summed E-state index contributed by atoms with van der Waals surface area (Å²) in [7, 11) is -2.92. The highest BCUT2D eigenvalue weighted by Crippen LogP contribution is 2.75. The fourth-order valence-electron chi connectivity index (χ4n) is 14.4. The van der Waals surface area contributed by atoms with Gasteiger partial charge < -0.3 is 15.3 Å². The number of nitrogens with zero attached hydrogens (tertiary/aromatic N) is 1. The summed E-state index contributed by atoms with van der Waals surface area (Å²) in [6, 6.07) is 0. The highest BCUT2D eigenvalue weighted by atomic mass is 32.2. The van der Waals surface area contributed by atoms with Gasteiger partial charge in [0.2, 0.25) is 0 Å². The number of hydrogen-bond acceptors (Lipinski definition) is 5. The standard InChI is InChI=1S/C46H75FN2O4S/c1-32(2)35(12-10-24-48-25-26-49-27-28-54(52,53)30-33(3)29-49)36-11-9-19-44(7)38(36)13-14-40-43(6)20-17-37(42(4,5)39(43)18-21-45(40,44)8)34-15-22-46(31-47,23-16-34)41(50)51/h15,17,33,35-36,38-40,48H,1,9-14,16,18-31H2,2-8H3,(H,50,51)/t33?,35-,36+,38+,39-,40+,43-,44+,45+,46-/m0/s1. The van der Waals surface area contributed by atoms with Gasteiger partial charge >= 0.3 is 5.97 Å². The first-order valence-corrected chi connectivity index (χ1v) is 23.6. The van der Waals surface area contributed by atoms with Crippen LogP contribution in [0.25, 0.3) is 0 Å². The van der Waals surface area contributed by atoms with Crippen molar-refractivity contribution in [1.29, 1.82) is 0 Å². The topological polar surface area (TPSA) is 86.7 Å². The van der Waals surface area contributed by atoms with Crippen molar-refractivity contribution in [3.63, 3.8) is 0 Å². The number of fused-ring (bicyclic) bond motifs is 5. The number of halogens is 1. The van der Waals surface area contributed by atoms with Crippen LogP contribution in [0.4, 0.5) is 4.39 Å². The Morgan fingerprint density at radius 1 is 1.02 bits per heavy atom. The van der Waals surface area contributed by atoms with Crippen LogP contribution in [0.2, 0.25) is 0 Å². The predicted octanol–water partition coefficient (Wildman–Crippen LogP) is 9.68. The average Bonchev–Trinajstić information content (AvgIpc) is 3.23. The molecule has 6 aliphatic rings. The van der Waals surface area contributed by atoms with Crippen molar-refractivity contribution in [3.8, 4) is 0 Å². The second-order valence-electron chi connectivity index (χ2n) is 20.8. The number of nitrogens with one attached hydrogen (secondary N) is 1. The van der Waals surface area contributed by atoms with Gasteiger partial charge in [0.1, 0.15) is 6.67 Å². The summed E-state index contributed by atoms with van der Waals surface area (Å²) < 4.78 is 38.4. The van der Waals surface area contributed by atoms with Crippen LogP contribution < -0.4 is 5.32 Å². The van der Waals surface area contributed by atoms with Gasteiger partial charge in [-0.15, -0.1) is 0 Å². The van der Waals surface area contributed by atoms with E-state index in [-0.39, 0.29) is 22.5 Å². The number of sulfone groups is 1. The van der Waals surface area contributed by atoms with E-state index in [1.807, 2.05) is 0 Å². The SMILES string of the molecule is C=C(C)[C@H](CCCNCCN1CCS(=O)(=O)CC(C)C1)[C@H]1CCC[C@]2(C)[C@@H]1CC[C@@H]1[C@@]3(C)CC=C(C4=CC[C@](CF)(C(=O)O)CC4)C(C)(C)[C@@H]3CC[C@]12C. The lowest BCUT2D eigenvalue weighted by Crippen LogP contribution is -2.64. The predicted molar refractivity (Wildman–Crippen MR) is 220 cm³/mol. The Morgan fingerprint density at radius 2 is 1.78 bits per heavy atom. The fourth-order valence-corrected chi connectivity index (χ4v) is 16.1. The second kappa shape index (κ2) is 15.7. The molecule has 2 N–H and O–H groups in total. The van der Waals surface area contributed by atoms with E-state index < -0.39 is 27.9 Å². The van der Waals surface area contributed by atoms with Gasteiger partial charge in [-0.1, -0.05) is 72.3 Å². The van der Waals surface area contributed by atoms with Crippen LogP contribution in [0, 0.1) is 62.6 Å². The summed E-state index contributed by atoms with van der Waals surface area (Å²) in [5.41, 5.74) is 3.62. The van der Waals surface area contributed by atoms with E-state index in [9.17, 15) is 22.7 Å². The summed E-state index contributed by atoms with van der Waals surface area (Å²) in [5.74, 6) is 3.03. The zero-order chi connectivity index (χ0) is 39.3. The maximum absolute atomic E-state index is 14.0. The second-order valence-corrected chi connectivity index (χ2v) is 23.0. The van der Waals surface area contributed by atoms with Gasteiger partial charge in [-0.2, -0.15) is 0 Å². The zero-order valence-electron chi connectivity index (χ0n) is 35.1. The van der Waals surface area contributed by atoms with Crippen LogP contribution in [0.3, 0.4) is 0 Å². The van der Waals surface area contributed by atoms with Gasteiger partial charge in [0.05, 0.1) is 16.9 Å². The molecule has 0 aromatic heterocycles. The molecule has 10 atom stereocenters. The third-order valence-electron chi connectivity index (χ3n) is 17.4. The number of alkyl halides is 1. The molecule has 3 saturated carbocycles. The van der Waals surface area contributed by atoms with E-state index in [1.54, 1.807) is 0 Å². The fraction of sp³-hybridized carbons (Fsp3) is 0.848. The van der Waals surface area contributed by atoms with Crippen LogP contribution >= 0.6 is 0 Å². The number of aliphatic carboxylic acids is 1. The van der Waals surface area contributed by atoms with Crippen molar-refractivity contribution in [2.24, 2.45) is 62.6 Å². The minimum Gasteiger partial charge on any atom is -0.481 e. The highest BCUT2D eigenvalue weighted by molar-refractivity contribution is 7.91. The summed E-state index contributed by atoms with van der Waals surface area (Å²) in [6.07, 6.45) is 18.5. The van der Waals surface area contributed by atoms with Crippen LogP contribution in [0.1, 0.15) is 132 Å². The largest absolute Gasteiger partial charge is 0.481 e. The molecule has 0 bridgehead atoms. The van der Waals surface area contributed by atoms with E-state index in [2.05, 4.69) is 77.4 Å². The van der Waals surface area contributed by atoms with Crippen LogP contribution in [0.5, 0.6) is 0 Å². The van der Waals surface area contributed by atoms with Gasteiger partial charge in [-0.3, -0.25) is 4.79 Å². The van der Waals surface area contributed by atoms with Crippen molar-refractivity contribution in [2.75, 3.05) is 50.9 Å². The molecule has 1 aliphatic heterocycles. The Bertz CT molecular complexity index is 1590. The molecule has 5 aliphatic carbocycles. The zero-order valence-corrected chi connectivity index (χ0v) is 35.9. The first kappa shape index (κ1) is 42.1. The lowest BCUT2D eigenvalue weighted by molar-refractivity contribution is -0.214. The molecular formula is C46H75FN2O4S. The Morgan fingerprint density at radius 3 is 2.44 bits per heavy atom. The summed E-state index contributed by atoms with van der Waals surface area (Å²) in [5, 5.41) is 13.5. The lowest BCUT2D eigenvalue weighted by atomic mass is 9.33. The molecule has 0 radical (unpaired) electrons. The Kier molecular flexibility index (Phi) is 12.2. The minimum absolute atomic E-state index is 0.00279. The van der Waals surface area contributed by atoms with Gasteiger partial charge in [0.15, 0.2) is 9.84 Å². The molecule has 0 amide bonds. The summed E-state index contributed by atoms with van der Waals surface area (Å²) in [6.45, 7) is 25.4. The maximum atomic E-state index is 14.0. The molecular weight excluding hydrogens is 696 g/mol. The van der Waals surface area contributed by atoms with Gasteiger partial charge in [-0.25, -0.2) is 12.8 Å².